The van der Waals surface area contributed by atoms with Gasteiger partial charge in [-0.25, -0.2) is 0 Å². The summed E-state index contributed by atoms with van der Waals surface area (Å²) in [6, 6.07) is 27.2. The first-order valence-corrected chi connectivity index (χ1v) is 26.2. The van der Waals surface area contributed by atoms with Crippen molar-refractivity contribution >= 4 is 109 Å². The van der Waals surface area contributed by atoms with Crippen LogP contribution in [0.4, 0.5) is 46.3 Å². The van der Waals surface area contributed by atoms with E-state index in [0.717, 1.165) is 34.9 Å². The Morgan fingerprint density at radius 2 is 1.04 bits per heavy atom. The first-order chi connectivity index (χ1) is 33.9. The fourth-order valence-corrected chi connectivity index (χ4v) is 10.3. The predicted octanol–water partition coefficient (Wildman–Crippen LogP) is 6.13. The lowest BCUT2D eigenvalue weighted by atomic mass is 9.80. The predicted molar refractivity (Wildman–Crippen MR) is 259 cm³/mol. The van der Waals surface area contributed by atoms with Crippen molar-refractivity contribution in [2.45, 2.75) is 19.6 Å². The van der Waals surface area contributed by atoms with Crippen molar-refractivity contribution < 1.29 is 61.5 Å². The quantitative estimate of drug-likeness (QED) is 0.0448. The van der Waals surface area contributed by atoms with Gasteiger partial charge in [-0.15, -0.1) is 0 Å². The van der Waals surface area contributed by atoms with Crippen molar-refractivity contribution in [3.05, 3.63) is 160 Å². The summed E-state index contributed by atoms with van der Waals surface area (Å²) in [7, 11) is -18.9. The molecular weight excluding hydrogens is 1020 g/mol. The number of rotatable bonds is 14. The van der Waals surface area contributed by atoms with Gasteiger partial charge >= 0.3 is 0 Å². The summed E-state index contributed by atoms with van der Waals surface area (Å²) in [6.45, 7) is 0. The number of aromatic nitrogens is 4. The summed E-state index contributed by atoms with van der Waals surface area (Å²) in [5, 5.41) is 11.1. The lowest BCUT2D eigenvalue weighted by Crippen LogP contribution is -2.29. The third-order valence-electron chi connectivity index (χ3n) is 11.1. The number of nitrogens with one attached hydrogen (secondary N) is 4. The number of fused-ring (bicyclic) bond motifs is 2. The SMILES string of the molecule is Cn1c(=O)c(C(=O)c2cccc(S(=O)(=O)O)c2)c2c3c(c(Nc4cc(Nc5nc(Nc6ccccc6)nc(Nc6ccc(S(=O)(=O)O)cc6)n5)c(S(=O)(=O)O)cc4S(=O)(=O)O)ccc31)C(=O)c1ccccc1-2. The minimum absolute atomic E-state index is 0.0160. The van der Waals surface area contributed by atoms with Gasteiger partial charge in [0.1, 0.15) is 9.79 Å². The van der Waals surface area contributed by atoms with Crippen molar-refractivity contribution in [3.8, 4) is 11.1 Å². The van der Waals surface area contributed by atoms with E-state index in [4.69, 9.17) is 0 Å². The minimum atomic E-state index is -5.43. The van der Waals surface area contributed by atoms with E-state index in [1.54, 1.807) is 30.3 Å². The molecule has 0 bridgehead atoms. The number of nitrogens with zero attached hydrogens (tertiary/aromatic N) is 4. The lowest BCUT2D eigenvalue weighted by molar-refractivity contribution is 0.102. The molecule has 0 radical (unpaired) electrons. The highest BCUT2D eigenvalue weighted by molar-refractivity contribution is 7.87. The highest BCUT2D eigenvalue weighted by Gasteiger charge is 2.35. The lowest BCUT2D eigenvalue weighted by Gasteiger charge is -2.26. The van der Waals surface area contributed by atoms with E-state index in [-0.39, 0.29) is 62.0 Å². The molecule has 0 aliphatic heterocycles. The second-order valence-electron chi connectivity index (χ2n) is 15.7. The van der Waals surface area contributed by atoms with E-state index in [0.29, 0.717) is 11.8 Å². The summed E-state index contributed by atoms with van der Waals surface area (Å²) in [4.78, 5) is 52.9. The Morgan fingerprint density at radius 1 is 0.500 bits per heavy atom. The number of pyridine rings is 1. The van der Waals surface area contributed by atoms with Crippen molar-refractivity contribution in [2.24, 2.45) is 7.05 Å². The smallest absolute Gasteiger partial charge is 0.296 e. The molecule has 23 nitrogen and oxygen atoms in total. The summed E-state index contributed by atoms with van der Waals surface area (Å²) in [6.07, 6.45) is 0. The highest BCUT2D eigenvalue weighted by atomic mass is 32.2. The number of ketones is 2. The van der Waals surface area contributed by atoms with E-state index in [2.05, 4.69) is 36.2 Å². The molecule has 0 amide bonds. The van der Waals surface area contributed by atoms with Crippen molar-refractivity contribution in [3.63, 3.8) is 0 Å². The summed E-state index contributed by atoms with van der Waals surface area (Å²) in [5.74, 6) is -2.61. The number of benzene rings is 6. The van der Waals surface area contributed by atoms with Crippen LogP contribution in [0.5, 0.6) is 0 Å². The number of para-hydroxylation sites is 1. The molecule has 0 spiro atoms. The maximum Gasteiger partial charge on any atom is 0.296 e. The van der Waals surface area contributed by atoms with Crippen molar-refractivity contribution in [1.29, 1.82) is 0 Å². The molecule has 8 N–H and O–H groups in total. The molecule has 0 saturated heterocycles. The van der Waals surface area contributed by atoms with Crippen molar-refractivity contribution in [2.75, 3.05) is 21.3 Å². The van der Waals surface area contributed by atoms with Gasteiger partial charge in [-0.05, 0) is 78.4 Å². The van der Waals surface area contributed by atoms with Crippen LogP contribution in [-0.4, -0.2) is 83.0 Å². The molecule has 0 unspecified atom stereocenters. The average molecular weight is 1050 g/mol. The van der Waals surface area contributed by atoms with Crippen LogP contribution < -0.4 is 26.8 Å². The number of carbonyl (C=O) groups excluding carboxylic acids is 2. The minimum Gasteiger partial charge on any atom is -0.354 e. The molecule has 0 saturated carbocycles. The fourth-order valence-electron chi connectivity index (χ4n) is 7.91. The Kier molecular flexibility index (Phi) is 12.1. The molecule has 0 atom stereocenters. The molecule has 8 aromatic rings. The van der Waals surface area contributed by atoms with Crippen LogP contribution in [-0.2, 0) is 47.5 Å². The van der Waals surface area contributed by atoms with E-state index in [9.17, 15) is 66.3 Å². The number of hydrogen-bond acceptors (Lipinski definition) is 18. The largest absolute Gasteiger partial charge is 0.354 e. The molecule has 2 aromatic heterocycles. The van der Waals surface area contributed by atoms with Gasteiger partial charge in [0, 0.05) is 40.5 Å². The second-order valence-corrected chi connectivity index (χ2v) is 21.3. The van der Waals surface area contributed by atoms with Gasteiger partial charge in [-0.2, -0.15) is 48.6 Å². The van der Waals surface area contributed by atoms with Gasteiger partial charge in [-0.1, -0.05) is 54.6 Å². The standard InChI is InChI=1S/C45H32N8O15S4/c1-53-33-19-18-30(37-38(33)36(28-12-5-6-13-29(28)41(37)55)39(42(53)56)40(54)23-8-7-11-27(20-23)70(60,61)62)48-31-21-32(35(72(66,67)68)22-34(31)71(63,64)65)49-45-51-43(46-24-9-3-2-4-10-24)50-44(52-45)47-25-14-16-26(17-15-25)69(57,58)59/h2-22,48H,1H3,(H,57,58,59)(H,60,61,62)(H,63,64,65)(H,66,67,68)(H3,46,47,49,50,51,52). The van der Waals surface area contributed by atoms with E-state index >= 15 is 0 Å². The van der Waals surface area contributed by atoms with Crippen LogP contribution in [0.15, 0.2) is 152 Å². The zero-order chi connectivity index (χ0) is 51.7. The fraction of sp³-hybridized carbons (Fsp3) is 0.0222. The number of carbonyl (C=O) groups is 2. The highest BCUT2D eigenvalue weighted by Crippen LogP contribution is 2.45. The van der Waals surface area contributed by atoms with Gasteiger partial charge in [0.15, 0.2) is 11.6 Å². The molecule has 9 rings (SSSR count). The third kappa shape index (κ3) is 9.38. The van der Waals surface area contributed by atoms with Crippen LogP contribution in [0.3, 0.4) is 0 Å². The summed E-state index contributed by atoms with van der Waals surface area (Å²) >= 11 is 0. The molecule has 27 heteroatoms. The van der Waals surface area contributed by atoms with Gasteiger partial charge in [0.25, 0.3) is 46.0 Å². The number of anilines is 8. The molecule has 1 aliphatic rings. The summed E-state index contributed by atoms with van der Waals surface area (Å²) < 4.78 is 141. The topological polar surface area (TPSA) is 360 Å². The number of hydrogen-bond donors (Lipinski definition) is 8. The monoisotopic (exact) mass is 1050 g/mol. The van der Waals surface area contributed by atoms with Gasteiger partial charge < -0.3 is 25.8 Å². The first-order valence-electron chi connectivity index (χ1n) is 20.4. The average Bonchev–Trinajstić information content (AvgIpc) is 3.31. The Labute approximate surface area is 407 Å². The summed E-state index contributed by atoms with van der Waals surface area (Å²) in [5.41, 5.74) is -2.66. The Hall–Kier alpha value is -8.28. The van der Waals surface area contributed by atoms with Gasteiger partial charge in [-0.3, -0.25) is 32.6 Å². The van der Waals surface area contributed by atoms with Crippen LogP contribution in [0.2, 0.25) is 0 Å². The van der Waals surface area contributed by atoms with Gasteiger partial charge in [0.2, 0.25) is 17.8 Å². The molecule has 72 heavy (non-hydrogen) atoms. The molecule has 2 heterocycles. The Bertz CT molecular complexity index is 4180. The maximum atomic E-state index is 14.7. The third-order valence-corrected chi connectivity index (χ3v) is 14.6. The van der Waals surface area contributed by atoms with E-state index in [1.165, 1.54) is 67.7 Å². The van der Waals surface area contributed by atoms with Crippen LogP contribution in [0.25, 0.3) is 22.0 Å². The Morgan fingerprint density at radius 3 is 1.62 bits per heavy atom. The van der Waals surface area contributed by atoms with Crippen LogP contribution in [0, 0.1) is 0 Å². The molecular formula is C45H32N8O15S4. The number of aryl methyl sites for hydroxylation is 1. The first kappa shape index (κ1) is 48.7. The molecule has 6 aromatic carbocycles. The molecule has 1 aliphatic carbocycles. The van der Waals surface area contributed by atoms with E-state index < -0.39 is 100 Å². The van der Waals surface area contributed by atoms with E-state index in [1.807, 2.05) is 0 Å². The zero-order valence-electron chi connectivity index (χ0n) is 36.3. The second kappa shape index (κ2) is 17.8. The molecule has 366 valence electrons. The Balaban J connectivity index is 1.22. The van der Waals surface area contributed by atoms with Crippen LogP contribution in [0.1, 0.15) is 31.8 Å². The zero-order valence-corrected chi connectivity index (χ0v) is 39.6. The van der Waals surface area contributed by atoms with Crippen molar-refractivity contribution in [1.82, 2.24) is 19.5 Å². The van der Waals surface area contributed by atoms with Crippen LogP contribution >= 0.6 is 0 Å². The normalized spacial score (nSPS) is 12.5. The maximum absolute atomic E-state index is 14.7. The van der Waals surface area contributed by atoms with Gasteiger partial charge in [0.05, 0.1) is 43.5 Å². The molecule has 0 fully saturated rings.